The molecule has 0 spiro atoms. The van der Waals surface area contributed by atoms with Crippen LogP contribution in [0.5, 0.6) is 0 Å². The lowest BCUT2D eigenvalue weighted by atomic mass is 10.2. The molecule has 3 heterocycles. The summed E-state index contributed by atoms with van der Waals surface area (Å²) in [7, 11) is 0. The molecule has 0 aliphatic rings. The van der Waals surface area contributed by atoms with Crippen LogP contribution in [0.25, 0.3) is 0 Å². The minimum Gasteiger partial charge on any atom is -0.358 e. The van der Waals surface area contributed by atoms with E-state index >= 15 is 0 Å². The number of hydrogen-bond acceptors (Lipinski definition) is 6. The van der Waals surface area contributed by atoms with Crippen LogP contribution < -0.4 is 5.32 Å². The molecule has 1 aromatic carbocycles. The molecule has 4 aromatic rings. The maximum atomic E-state index is 12.5. The number of nitro groups is 1. The lowest BCUT2D eigenvalue weighted by Crippen LogP contribution is -2.09. The van der Waals surface area contributed by atoms with Gasteiger partial charge in [0.25, 0.3) is 5.91 Å². The quantitative estimate of drug-likeness (QED) is 0.343. The van der Waals surface area contributed by atoms with Gasteiger partial charge in [0.05, 0.1) is 47.2 Å². The minimum atomic E-state index is -0.546. The number of hydrogen-bond donors (Lipinski definition) is 1. The Kier molecular flexibility index (Phi) is 5.59. The van der Waals surface area contributed by atoms with Gasteiger partial charge in [-0.2, -0.15) is 9.78 Å². The van der Waals surface area contributed by atoms with Crippen molar-refractivity contribution in [2.75, 3.05) is 5.32 Å². The molecule has 0 unspecified atom stereocenters. The van der Waals surface area contributed by atoms with Crippen molar-refractivity contribution in [3.63, 3.8) is 0 Å². The van der Waals surface area contributed by atoms with Crippen molar-refractivity contribution >= 4 is 40.4 Å². The van der Waals surface area contributed by atoms with Crippen LogP contribution >= 0.6 is 22.9 Å². The second-order valence-electron chi connectivity index (χ2n) is 6.46. The first-order valence-corrected chi connectivity index (χ1v) is 10.1. The summed E-state index contributed by atoms with van der Waals surface area (Å²) in [5.41, 5.74) is 2.42. The summed E-state index contributed by atoms with van der Waals surface area (Å²) >= 11 is 7.29. The third-order valence-electron chi connectivity index (χ3n) is 4.16. The SMILES string of the molecule is O=C(Nc1cnn(Cc2cccc(Cl)c2)c1)c1cc(Cn2ccc([N+](=O)[O-])n2)cs1. The van der Waals surface area contributed by atoms with E-state index in [1.165, 1.54) is 28.3 Å². The second kappa shape index (κ2) is 8.47. The Balaban J connectivity index is 1.37. The van der Waals surface area contributed by atoms with Gasteiger partial charge in [0, 0.05) is 11.2 Å². The zero-order valence-corrected chi connectivity index (χ0v) is 17.0. The van der Waals surface area contributed by atoms with Gasteiger partial charge in [0.15, 0.2) is 0 Å². The molecule has 30 heavy (non-hydrogen) atoms. The molecule has 1 N–H and O–H groups in total. The molecule has 0 saturated carbocycles. The largest absolute Gasteiger partial charge is 0.389 e. The maximum absolute atomic E-state index is 12.5. The first-order valence-electron chi connectivity index (χ1n) is 8.80. The highest BCUT2D eigenvalue weighted by atomic mass is 35.5. The predicted molar refractivity (Wildman–Crippen MR) is 113 cm³/mol. The fourth-order valence-corrected chi connectivity index (χ4v) is 3.84. The van der Waals surface area contributed by atoms with E-state index in [9.17, 15) is 14.9 Å². The van der Waals surface area contributed by atoms with Gasteiger partial charge >= 0.3 is 5.82 Å². The Labute approximate surface area is 179 Å². The molecule has 11 heteroatoms. The molecule has 3 aromatic heterocycles. The van der Waals surface area contributed by atoms with Crippen LogP contribution in [0.1, 0.15) is 20.8 Å². The molecule has 4 rings (SSSR count). The van der Waals surface area contributed by atoms with Crippen LogP contribution in [-0.2, 0) is 13.1 Å². The van der Waals surface area contributed by atoms with E-state index < -0.39 is 4.92 Å². The molecule has 0 saturated heterocycles. The number of thiophene rings is 1. The van der Waals surface area contributed by atoms with Crippen molar-refractivity contribution in [1.29, 1.82) is 0 Å². The number of aromatic nitrogens is 4. The minimum absolute atomic E-state index is 0.210. The number of rotatable bonds is 7. The first-order chi connectivity index (χ1) is 14.5. The summed E-state index contributed by atoms with van der Waals surface area (Å²) in [6.45, 7) is 0.880. The normalized spacial score (nSPS) is 10.8. The van der Waals surface area contributed by atoms with Gasteiger partial charge < -0.3 is 15.4 Å². The Morgan fingerprint density at radius 2 is 2.03 bits per heavy atom. The third-order valence-corrected chi connectivity index (χ3v) is 5.37. The Bertz CT molecular complexity index is 1210. The van der Waals surface area contributed by atoms with Crippen molar-refractivity contribution in [2.24, 2.45) is 0 Å². The van der Waals surface area contributed by atoms with Crippen LogP contribution in [0, 0.1) is 10.1 Å². The second-order valence-corrected chi connectivity index (χ2v) is 7.81. The summed E-state index contributed by atoms with van der Waals surface area (Å²) in [6, 6.07) is 10.6. The summed E-state index contributed by atoms with van der Waals surface area (Å²) in [6.07, 6.45) is 4.86. The van der Waals surface area contributed by atoms with Gasteiger partial charge in [-0.05, 0) is 39.6 Å². The molecule has 0 aliphatic heterocycles. The molecule has 0 aliphatic carbocycles. The number of anilines is 1. The van der Waals surface area contributed by atoms with Gasteiger partial charge in [-0.3, -0.25) is 9.48 Å². The number of carbonyl (C=O) groups is 1. The van der Waals surface area contributed by atoms with E-state index in [-0.39, 0.29) is 11.7 Å². The van der Waals surface area contributed by atoms with Crippen molar-refractivity contribution in [3.8, 4) is 0 Å². The Morgan fingerprint density at radius 3 is 2.80 bits per heavy atom. The molecule has 152 valence electrons. The Hall–Kier alpha value is -3.50. The number of nitrogens with zero attached hydrogens (tertiary/aromatic N) is 5. The van der Waals surface area contributed by atoms with E-state index in [2.05, 4.69) is 15.5 Å². The van der Waals surface area contributed by atoms with E-state index in [0.29, 0.717) is 28.7 Å². The zero-order chi connectivity index (χ0) is 21.1. The predicted octanol–water partition coefficient (Wildman–Crippen LogP) is 4.05. The summed E-state index contributed by atoms with van der Waals surface area (Å²) < 4.78 is 3.17. The Morgan fingerprint density at radius 1 is 1.20 bits per heavy atom. The number of carbonyl (C=O) groups excluding carboxylic acids is 1. The fraction of sp³-hybridized carbons (Fsp3) is 0.105. The van der Waals surface area contributed by atoms with Gasteiger partial charge in [-0.15, -0.1) is 11.3 Å². The fourth-order valence-electron chi connectivity index (χ4n) is 2.83. The average Bonchev–Trinajstić information content (AvgIpc) is 3.44. The van der Waals surface area contributed by atoms with E-state index in [1.807, 2.05) is 29.6 Å². The van der Waals surface area contributed by atoms with Crippen molar-refractivity contribution < 1.29 is 9.72 Å². The van der Waals surface area contributed by atoms with E-state index in [0.717, 1.165) is 11.1 Å². The molecule has 1 amide bonds. The summed E-state index contributed by atoms with van der Waals surface area (Å²) in [5.74, 6) is -0.460. The topological polar surface area (TPSA) is 108 Å². The van der Waals surface area contributed by atoms with Crippen LogP contribution in [0.3, 0.4) is 0 Å². The molecule has 9 nitrogen and oxygen atoms in total. The highest BCUT2D eigenvalue weighted by Crippen LogP contribution is 2.19. The highest BCUT2D eigenvalue weighted by Gasteiger charge is 2.14. The molecule has 0 bridgehead atoms. The van der Waals surface area contributed by atoms with Crippen molar-refractivity contribution in [1.82, 2.24) is 19.6 Å². The lowest BCUT2D eigenvalue weighted by Gasteiger charge is -2.02. The van der Waals surface area contributed by atoms with Crippen LogP contribution in [0.4, 0.5) is 11.5 Å². The number of nitrogens with one attached hydrogen (secondary N) is 1. The standard InChI is InChI=1S/C19H15ClN6O3S/c20-15-3-1-2-13(6-15)9-25-11-16(8-21-25)22-19(27)17-7-14(12-30-17)10-24-5-4-18(23-24)26(28)29/h1-8,11-12H,9-10H2,(H,22,27). The van der Waals surface area contributed by atoms with Gasteiger partial charge in [-0.1, -0.05) is 23.7 Å². The van der Waals surface area contributed by atoms with Gasteiger partial charge in [-0.25, -0.2) is 0 Å². The van der Waals surface area contributed by atoms with E-state index in [1.54, 1.807) is 23.1 Å². The van der Waals surface area contributed by atoms with Crippen LogP contribution in [0.15, 0.2) is 60.4 Å². The van der Waals surface area contributed by atoms with Crippen molar-refractivity contribution in [3.05, 3.63) is 91.5 Å². The van der Waals surface area contributed by atoms with Crippen LogP contribution in [0.2, 0.25) is 5.02 Å². The van der Waals surface area contributed by atoms with E-state index in [4.69, 9.17) is 11.6 Å². The molecular formula is C19H15ClN6O3S. The third kappa shape index (κ3) is 4.73. The van der Waals surface area contributed by atoms with Gasteiger partial charge in [0.2, 0.25) is 0 Å². The summed E-state index contributed by atoms with van der Waals surface area (Å²) in [4.78, 5) is 23.2. The zero-order valence-electron chi connectivity index (χ0n) is 15.4. The van der Waals surface area contributed by atoms with Crippen molar-refractivity contribution in [2.45, 2.75) is 13.1 Å². The maximum Gasteiger partial charge on any atom is 0.389 e. The highest BCUT2D eigenvalue weighted by molar-refractivity contribution is 7.12. The molecule has 0 atom stereocenters. The molecule has 0 radical (unpaired) electrons. The smallest absolute Gasteiger partial charge is 0.358 e. The molecular weight excluding hydrogens is 428 g/mol. The average molecular weight is 443 g/mol. The number of amides is 1. The number of benzene rings is 1. The number of halogens is 1. The summed E-state index contributed by atoms with van der Waals surface area (Å²) in [5, 5.41) is 24.2. The molecule has 0 fully saturated rings. The first kappa shape index (κ1) is 19.8. The monoisotopic (exact) mass is 442 g/mol. The van der Waals surface area contributed by atoms with Gasteiger partial charge in [0.1, 0.15) is 0 Å². The van der Waals surface area contributed by atoms with Crippen LogP contribution in [-0.4, -0.2) is 30.4 Å². The lowest BCUT2D eigenvalue weighted by molar-refractivity contribution is -0.389.